The molecule has 176 valence electrons. The summed E-state index contributed by atoms with van der Waals surface area (Å²) in [7, 11) is 3.21. The Morgan fingerprint density at radius 3 is 2.57 bits per heavy atom. The highest BCUT2D eigenvalue weighted by Crippen LogP contribution is 2.35. The zero-order valence-electron chi connectivity index (χ0n) is 19.5. The molecule has 0 radical (unpaired) electrons. The Morgan fingerprint density at radius 2 is 1.83 bits per heavy atom. The number of hydrogen-bond donors (Lipinski definition) is 0. The van der Waals surface area contributed by atoms with Crippen LogP contribution in [0.3, 0.4) is 0 Å². The quantitative estimate of drug-likeness (QED) is 0.223. The molecule has 0 fully saturated rings. The molecular weight excluding hydrogens is 478 g/mol. The van der Waals surface area contributed by atoms with Gasteiger partial charge in [-0.05, 0) is 49.4 Å². The predicted octanol–water partition coefficient (Wildman–Crippen LogP) is 6.20. The maximum Gasteiger partial charge on any atom is 0.282 e. The van der Waals surface area contributed by atoms with Crippen molar-refractivity contribution in [3.63, 3.8) is 0 Å². The summed E-state index contributed by atoms with van der Waals surface area (Å²) in [4.78, 5) is 19.4. The van der Waals surface area contributed by atoms with E-state index in [0.29, 0.717) is 33.7 Å². The van der Waals surface area contributed by atoms with Crippen LogP contribution >= 0.6 is 23.1 Å². The summed E-state index contributed by atoms with van der Waals surface area (Å²) in [5, 5.41) is 6.70. The van der Waals surface area contributed by atoms with Gasteiger partial charge in [0, 0.05) is 22.3 Å². The van der Waals surface area contributed by atoms with Gasteiger partial charge in [0.2, 0.25) is 5.13 Å². The number of aromatic nitrogens is 1. The molecular formula is C27H23N3O3S2. The molecule has 5 rings (SSSR count). The number of anilines is 1. The number of para-hydroxylation sites is 1. The van der Waals surface area contributed by atoms with E-state index in [1.165, 1.54) is 21.9 Å². The van der Waals surface area contributed by atoms with E-state index in [2.05, 4.69) is 36.2 Å². The Hall–Kier alpha value is -3.62. The van der Waals surface area contributed by atoms with Gasteiger partial charge in [-0.2, -0.15) is 10.1 Å². The van der Waals surface area contributed by atoms with Gasteiger partial charge in [0.25, 0.3) is 5.91 Å². The van der Waals surface area contributed by atoms with E-state index < -0.39 is 0 Å². The van der Waals surface area contributed by atoms with Gasteiger partial charge in [-0.1, -0.05) is 41.2 Å². The van der Waals surface area contributed by atoms with E-state index in [9.17, 15) is 4.79 Å². The van der Waals surface area contributed by atoms with Crippen molar-refractivity contribution in [2.45, 2.75) is 11.8 Å². The van der Waals surface area contributed by atoms with Crippen molar-refractivity contribution in [1.29, 1.82) is 0 Å². The van der Waals surface area contributed by atoms with Gasteiger partial charge in [-0.15, -0.1) is 11.8 Å². The van der Waals surface area contributed by atoms with Crippen LogP contribution in [0.5, 0.6) is 11.5 Å². The van der Waals surface area contributed by atoms with Gasteiger partial charge < -0.3 is 9.47 Å². The third-order valence-corrected chi connectivity index (χ3v) is 7.59. The Bertz CT molecular complexity index is 1430. The molecule has 8 heteroatoms. The van der Waals surface area contributed by atoms with Gasteiger partial charge in [0.05, 0.1) is 35.7 Å². The van der Waals surface area contributed by atoms with Crippen LogP contribution in [0.1, 0.15) is 11.1 Å². The molecule has 0 spiro atoms. The van der Waals surface area contributed by atoms with Crippen LogP contribution in [0, 0.1) is 6.92 Å². The number of carbonyl (C=O) groups is 1. The molecule has 0 unspecified atom stereocenters. The summed E-state index contributed by atoms with van der Waals surface area (Å²) in [5.41, 5.74) is 4.04. The lowest BCUT2D eigenvalue weighted by molar-refractivity contribution is -0.114. The van der Waals surface area contributed by atoms with E-state index >= 15 is 0 Å². The number of amides is 1. The summed E-state index contributed by atoms with van der Waals surface area (Å²) >= 11 is 3.09. The number of rotatable bonds is 7. The molecule has 3 aromatic carbocycles. The number of thioether (sulfide) groups is 1. The monoisotopic (exact) mass is 501 g/mol. The fraction of sp³-hybridized carbons (Fsp3) is 0.148. The Kier molecular flexibility index (Phi) is 6.57. The van der Waals surface area contributed by atoms with Crippen LogP contribution < -0.4 is 14.5 Å². The number of benzene rings is 3. The lowest BCUT2D eigenvalue weighted by Crippen LogP contribution is -2.21. The van der Waals surface area contributed by atoms with Crippen LogP contribution in [0.15, 0.2) is 82.3 Å². The van der Waals surface area contributed by atoms with Gasteiger partial charge in [-0.3, -0.25) is 4.79 Å². The van der Waals surface area contributed by atoms with Gasteiger partial charge in [0.1, 0.15) is 11.5 Å². The Morgan fingerprint density at radius 1 is 1.03 bits per heavy atom. The van der Waals surface area contributed by atoms with Crippen LogP contribution in [-0.2, 0) is 4.79 Å². The minimum Gasteiger partial charge on any atom is -0.497 e. The minimum absolute atomic E-state index is 0.207. The second-order valence-corrected chi connectivity index (χ2v) is 9.95. The first-order valence-electron chi connectivity index (χ1n) is 11.0. The molecule has 1 amide bonds. The maximum atomic E-state index is 13.6. The zero-order chi connectivity index (χ0) is 24.4. The normalized spacial score (nSPS) is 14.6. The second kappa shape index (κ2) is 9.93. The van der Waals surface area contributed by atoms with Gasteiger partial charge in [-0.25, -0.2) is 4.98 Å². The molecule has 0 N–H and O–H groups in total. The van der Waals surface area contributed by atoms with E-state index in [0.717, 1.165) is 20.7 Å². The van der Waals surface area contributed by atoms with Crippen LogP contribution in [0.25, 0.3) is 16.3 Å². The standard InChI is InChI=1S/C27H23N3O3S2/c1-17-8-12-20(13-9-17)34-16-23-21(14-18-10-11-19(32-2)15-24(18)33-3)26(31)30(29-23)27-28-22-6-4-5-7-25(22)35-27/h4-15H,16H2,1-3H3/b21-14+. The van der Waals surface area contributed by atoms with Gasteiger partial charge >= 0.3 is 0 Å². The number of methoxy groups -OCH3 is 2. The average Bonchev–Trinajstić information content (AvgIpc) is 3.45. The fourth-order valence-corrected chi connectivity index (χ4v) is 5.43. The summed E-state index contributed by atoms with van der Waals surface area (Å²) in [6.45, 7) is 2.06. The predicted molar refractivity (Wildman–Crippen MR) is 144 cm³/mol. The third kappa shape index (κ3) is 4.80. The number of ether oxygens (including phenoxy) is 2. The van der Waals surface area contributed by atoms with Crippen LogP contribution in [-0.4, -0.2) is 36.6 Å². The van der Waals surface area contributed by atoms with Crippen molar-refractivity contribution in [2.75, 3.05) is 25.0 Å². The lowest BCUT2D eigenvalue weighted by Gasteiger charge is -2.09. The number of hydrazone groups is 1. The minimum atomic E-state index is -0.207. The Labute approximate surface area is 211 Å². The smallest absolute Gasteiger partial charge is 0.282 e. The van der Waals surface area contributed by atoms with Crippen molar-refractivity contribution >= 4 is 56.1 Å². The largest absolute Gasteiger partial charge is 0.497 e. The number of aryl methyl sites for hydroxylation is 1. The molecule has 1 aliphatic rings. The van der Waals surface area contributed by atoms with Crippen molar-refractivity contribution < 1.29 is 14.3 Å². The first kappa shape index (κ1) is 23.1. The highest BCUT2D eigenvalue weighted by molar-refractivity contribution is 8.00. The molecule has 35 heavy (non-hydrogen) atoms. The van der Waals surface area contributed by atoms with Crippen LogP contribution in [0.2, 0.25) is 0 Å². The van der Waals surface area contributed by atoms with Crippen molar-refractivity contribution in [3.05, 3.63) is 83.4 Å². The first-order valence-corrected chi connectivity index (χ1v) is 12.8. The topological polar surface area (TPSA) is 64.0 Å². The van der Waals surface area contributed by atoms with E-state index in [4.69, 9.17) is 14.6 Å². The van der Waals surface area contributed by atoms with Crippen molar-refractivity contribution in [2.24, 2.45) is 5.10 Å². The summed E-state index contributed by atoms with van der Waals surface area (Å²) in [6.07, 6.45) is 1.84. The highest BCUT2D eigenvalue weighted by Gasteiger charge is 2.33. The number of carbonyl (C=O) groups excluding carboxylic acids is 1. The van der Waals surface area contributed by atoms with E-state index in [1.807, 2.05) is 42.5 Å². The first-order chi connectivity index (χ1) is 17.1. The van der Waals surface area contributed by atoms with Gasteiger partial charge in [0.15, 0.2) is 0 Å². The summed E-state index contributed by atoms with van der Waals surface area (Å²) in [6, 6.07) is 21.7. The molecule has 0 aliphatic carbocycles. The molecule has 0 atom stereocenters. The summed E-state index contributed by atoms with van der Waals surface area (Å²) in [5.74, 6) is 1.64. The molecule has 0 saturated carbocycles. The molecule has 0 bridgehead atoms. The fourth-order valence-electron chi connectivity index (χ4n) is 3.67. The average molecular weight is 502 g/mol. The van der Waals surface area contributed by atoms with Crippen LogP contribution in [0.4, 0.5) is 5.13 Å². The molecule has 4 aromatic rings. The number of fused-ring (bicyclic) bond motifs is 1. The third-order valence-electron chi connectivity index (χ3n) is 5.56. The zero-order valence-corrected chi connectivity index (χ0v) is 21.2. The lowest BCUT2D eigenvalue weighted by atomic mass is 10.1. The highest BCUT2D eigenvalue weighted by atomic mass is 32.2. The molecule has 1 aromatic heterocycles. The molecule has 1 aliphatic heterocycles. The molecule has 2 heterocycles. The Balaban J connectivity index is 1.52. The summed E-state index contributed by atoms with van der Waals surface area (Å²) < 4.78 is 11.9. The van der Waals surface area contributed by atoms with E-state index in [-0.39, 0.29) is 5.91 Å². The second-order valence-electron chi connectivity index (χ2n) is 7.90. The number of thiazole rings is 1. The number of hydrogen-bond acceptors (Lipinski definition) is 7. The molecule has 0 saturated heterocycles. The van der Waals surface area contributed by atoms with Crippen molar-refractivity contribution in [1.82, 2.24) is 4.98 Å². The van der Waals surface area contributed by atoms with Crippen molar-refractivity contribution in [3.8, 4) is 11.5 Å². The van der Waals surface area contributed by atoms with E-state index in [1.54, 1.807) is 32.0 Å². The maximum absolute atomic E-state index is 13.6. The SMILES string of the molecule is COc1ccc(/C=C2/C(=O)N(c3nc4ccccc4s3)N=C2CSc2ccc(C)cc2)c(OC)c1. The molecule has 6 nitrogen and oxygen atoms in total. The number of nitrogens with zero attached hydrogens (tertiary/aromatic N) is 3.